The first-order valence-corrected chi connectivity index (χ1v) is 8.64. The number of ether oxygens (including phenoxy) is 2. The molecule has 2 aromatic heterocycles. The molecular weight excluding hydrogens is 326 g/mol. The molecule has 5 heteroatoms. The highest BCUT2D eigenvalue weighted by Crippen LogP contribution is 2.34. The summed E-state index contributed by atoms with van der Waals surface area (Å²) in [6, 6.07) is 14.2. The van der Waals surface area contributed by atoms with Gasteiger partial charge in [-0.05, 0) is 53.9 Å². The minimum absolute atomic E-state index is 0.775. The second-order valence-corrected chi connectivity index (χ2v) is 6.26. The van der Waals surface area contributed by atoms with Crippen LogP contribution < -0.4 is 14.4 Å². The van der Waals surface area contributed by atoms with Crippen molar-refractivity contribution in [3.8, 4) is 22.9 Å². The Morgan fingerprint density at radius 2 is 1.65 bits per heavy atom. The number of rotatable bonds is 4. The van der Waals surface area contributed by atoms with E-state index in [1.807, 2.05) is 30.5 Å². The molecule has 0 saturated carbocycles. The molecule has 132 valence electrons. The first kappa shape index (κ1) is 16.4. The van der Waals surface area contributed by atoms with Gasteiger partial charge in [-0.15, -0.1) is 0 Å². The van der Waals surface area contributed by atoms with E-state index >= 15 is 0 Å². The van der Waals surface area contributed by atoms with Crippen LogP contribution in [0.4, 0.5) is 5.69 Å². The van der Waals surface area contributed by atoms with Gasteiger partial charge in [0.25, 0.3) is 0 Å². The normalized spacial score (nSPS) is 13.2. The van der Waals surface area contributed by atoms with Gasteiger partial charge < -0.3 is 14.4 Å². The SMILES string of the molecule is COc1cc2c(cc1OC)CN(c1ccc(-c3ccccn3)nc1)CC2. The summed E-state index contributed by atoms with van der Waals surface area (Å²) in [7, 11) is 3.35. The van der Waals surface area contributed by atoms with Gasteiger partial charge in [-0.2, -0.15) is 0 Å². The van der Waals surface area contributed by atoms with Crippen molar-refractivity contribution >= 4 is 5.69 Å². The number of aromatic nitrogens is 2. The van der Waals surface area contributed by atoms with Gasteiger partial charge in [0, 0.05) is 19.3 Å². The third-order valence-electron chi connectivity index (χ3n) is 4.76. The van der Waals surface area contributed by atoms with Crippen LogP contribution in [0.2, 0.25) is 0 Å². The lowest BCUT2D eigenvalue weighted by molar-refractivity contribution is 0.353. The molecule has 1 aliphatic rings. The molecule has 0 amide bonds. The molecule has 3 aromatic rings. The van der Waals surface area contributed by atoms with E-state index in [-0.39, 0.29) is 0 Å². The van der Waals surface area contributed by atoms with E-state index in [1.54, 1.807) is 20.4 Å². The fourth-order valence-electron chi connectivity index (χ4n) is 3.34. The van der Waals surface area contributed by atoms with Gasteiger partial charge in [0.15, 0.2) is 11.5 Å². The third-order valence-corrected chi connectivity index (χ3v) is 4.76. The molecule has 0 N–H and O–H groups in total. The van der Waals surface area contributed by atoms with Crippen LogP contribution in [0.1, 0.15) is 11.1 Å². The molecule has 0 fully saturated rings. The average Bonchev–Trinajstić information content (AvgIpc) is 2.73. The van der Waals surface area contributed by atoms with Gasteiger partial charge in [0.1, 0.15) is 0 Å². The fourth-order valence-corrected chi connectivity index (χ4v) is 3.34. The summed E-state index contributed by atoms with van der Waals surface area (Å²) in [6.45, 7) is 1.79. The van der Waals surface area contributed by atoms with Gasteiger partial charge in [0.2, 0.25) is 0 Å². The van der Waals surface area contributed by atoms with Crippen LogP contribution in [-0.2, 0) is 13.0 Å². The van der Waals surface area contributed by atoms with E-state index in [4.69, 9.17) is 9.47 Å². The number of methoxy groups -OCH3 is 2. The summed E-state index contributed by atoms with van der Waals surface area (Å²) in [5, 5.41) is 0. The Morgan fingerprint density at radius 1 is 0.885 bits per heavy atom. The number of hydrogen-bond donors (Lipinski definition) is 0. The predicted molar refractivity (Wildman–Crippen MR) is 102 cm³/mol. The third kappa shape index (κ3) is 3.08. The Bertz CT molecular complexity index is 895. The summed E-state index contributed by atoms with van der Waals surface area (Å²) in [6.07, 6.45) is 4.68. The quantitative estimate of drug-likeness (QED) is 0.720. The van der Waals surface area contributed by atoms with Crippen molar-refractivity contribution in [1.29, 1.82) is 0 Å². The highest BCUT2D eigenvalue weighted by atomic mass is 16.5. The van der Waals surface area contributed by atoms with Crippen LogP contribution in [0.15, 0.2) is 54.9 Å². The minimum Gasteiger partial charge on any atom is -0.493 e. The summed E-state index contributed by atoms with van der Waals surface area (Å²) < 4.78 is 10.9. The molecule has 0 atom stereocenters. The first-order chi connectivity index (χ1) is 12.8. The molecular formula is C21H21N3O2. The Balaban J connectivity index is 1.57. The van der Waals surface area contributed by atoms with Crippen LogP contribution in [0.25, 0.3) is 11.4 Å². The van der Waals surface area contributed by atoms with Crippen LogP contribution in [0.5, 0.6) is 11.5 Å². The Morgan fingerprint density at radius 3 is 2.31 bits per heavy atom. The van der Waals surface area contributed by atoms with Crippen LogP contribution in [0.3, 0.4) is 0 Å². The van der Waals surface area contributed by atoms with Crippen molar-refractivity contribution < 1.29 is 9.47 Å². The van der Waals surface area contributed by atoms with Gasteiger partial charge in [-0.25, -0.2) is 0 Å². The minimum atomic E-state index is 0.775. The second kappa shape index (κ2) is 7.04. The van der Waals surface area contributed by atoms with E-state index < -0.39 is 0 Å². The standard InChI is InChI=1S/C21H21N3O2/c1-25-20-11-15-8-10-24(14-16(15)12-21(20)26-2)17-6-7-19(23-13-17)18-5-3-4-9-22-18/h3-7,9,11-13H,8,10,14H2,1-2H3. The van der Waals surface area contributed by atoms with Crippen LogP contribution in [-0.4, -0.2) is 30.7 Å². The van der Waals surface area contributed by atoms with Crippen molar-refractivity contribution in [2.24, 2.45) is 0 Å². The largest absolute Gasteiger partial charge is 0.493 e. The Hall–Kier alpha value is -3.08. The first-order valence-electron chi connectivity index (χ1n) is 8.64. The number of nitrogens with zero attached hydrogens (tertiary/aromatic N) is 3. The molecule has 26 heavy (non-hydrogen) atoms. The van der Waals surface area contributed by atoms with E-state index in [0.717, 1.165) is 48.1 Å². The van der Waals surface area contributed by atoms with E-state index in [2.05, 4.69) is 33.1 Å². The monoisotopic (exact) mass is 347 g/mol. The molecule has 5 nitrogen and oxygen atoms in total. The Kier molecular flexibility index (Phi) is 4.44. The number of hydrogen-bond acceptors (Lipinski definition) is 5. The van der Waals surface area contributed by atoms with E-state index in [0.29, 0.717) is 0 Å². The molecule has 0 spiro atoms. The topological polar surface area (TPSA) is 47.5 Å². The van der Waals surface area contributed by atoms with E-state index in [9.17, 15) is 0 Å². The molecule has 0 unspecified atom stereocenters. The fraction of sp³-hybridized carbons (Fsp3) is 0.238. The highest BCUT2D eigenvalue weighted by molar-refractivity contribution is 5.59. The number of benzene rings is 1. The molecule has 0 saturated heterocycles. The highest BCUT2D eigenvalue weighted by Gasteiger charge is 2.20. The van der Waals surface area contributed by atoms with Gasteiger partial charge in [0.05, 0.1) is 37.5 Å². The lowest BCUT2D eigenvalue weighted by Crippen LogP contribution is -2.30. The van der Waals surface area contributed by atoms with Gasteiger partial charge >= 0.3 is 0 Å². The summed E-state index contributed by atoms with van der Waals surface area (Å²) >= 11 is 0. The number of fused-ring (bicyclic) bond motifs is 1. The molecule has 3 heterocycles. The van der Waals surface area contributed by atoms with Crippen LogP contribution in [0, 0.1) is 0 Å². The lowest BCUT2D eigenvalue weighted by Gasteiger charge is -2.31. The zero-order valence-corrected chi connectivity index (χ0v) is 15.0. The molecule has 0 radical (unpaired) electrons. The van der Waals surface area contributed by atoms with Gasteiger partial charge in [-0.3, -0.25) is 9.97 Å². The zero-order valence-electron chi connectivity index (χ0n) is 15.0. The van der Waals surface area contributed by atoms with Crippen molar-refractivity contribution in [3.05, 3.63) is 66.0 Å². The maximum atomic E-state index is 5.45. The van der Waals surface area contributed by atoms with E-state index in [1.165, 1.54) is 11.1 Å². The molecule has 0 bridgehead atoms. The summed E-state index contributed by atoms with van der Waals surface area (Å²) in [5.41, 5.74) is 5.47. The molecule has 1 aliphatic heterocycles. The summed E-state index contributed by atoms with van der Waals surface area (Å²) in [5.74, 6) is 1.57. The molecule has 4 rings (SSSR count). The molecule has 1 aromatic carbocycles. The average molecular weight is 347 g/mol. The smallest absolute Gasteiger partial charge is 0.161 e. The number of anilines is 1. The van der Waals surface area contributed by atoms with Crippen molar-refractivity contribution in [2.75, 3.05) is 25.7 Å². The van der Waals surface area contributed by atoms with Crippen LogP contribution >= 0.6 is 0 Å². The second-order valence-electron chi connectivity index (χ2n) is 6.26. The summed E-state index contributed by atoms with van der Waals surface area (Å²) in [4.78, 5) is 11.3. The van der Waals surface area contributed by atoms with Crippen molar-refractivity contribution in [1.82, 2.24) is 9.97 Å². The Labute approximate surface area is 153 Å². The molecule has 0 aliphatic carbocycles. The number of pyridine rings is 2. The predicted octanol–water partition coefficient (Wildman–Crippen LogP) is 3.72. The zero-order chi connectivity index (χ0) is 17.9. The maximum absolute atomic E-state index is 5.45. The van der Waals surface area contributed by atoms with Crippen molar-refractivity contribution in [2.45, 2.75) is 13.0 Å². The maximum Gasteiger partial charge on any atom is 0.161 e. The van der Waals surface area contributed by atoms with Gasteiger partial charge in [-0.1, -0.05) is 6.07 Å². The lowest BCUT2D eigenvalue weighted by atomic mass is 9.98. The van der Waals surface area contributed by atoms with Crippen molar-refractivity contribution in [3.63, 3.8) is 0 Å².